The summed E-state index contributed by atoms with van der Waals surface area (Å²) in [5.74, 6) is 0.0425. The first kappa shape index (κ1) is 32.3. The van der Waals surface area contributed by atoms with Crippen LogP contribution in [0.15, 0.2) is 134 Å². The van der Waals surface area contributed by atoms with Crippen molar-refractivity contribution in [2.24, 2.45) is 5.92 Å². The van der Waals surface area contributed by atoms with Gasteiger partial charge in [0.05, 0.1) is 42.7 Å². The maximum absolute atomic E-state index is 12.6. The lowest BCUT2D eigenvalue weighted by Crippen LogP contribution is -2.39. The van der Waals surface area contributed by atoms with Crippen molar-refractivity contribution in [2.75, 3.05) is 0 Å². The van der Waals surface area contributed by atoms with Gasteiger partial charge in [0, 0.05) is 24.6 Å². The quantitative estimate of drug-likeness (QED) is 0.141. The van der Waals surface area contributed by atoms with E-state index in [0.717, 1.165) is 50.0 Å². The normalized spacial score (nSPS) is 19.1. The van der Waals surface area contributed by atoms with Gasteiger partial charge in [0.2, 0.25) is 0 Å². The minimum atomic E-state index is -0.585. The fraction of sp³-hybridized carbons (Fsp3) is 0.220. The van der Waals surface area contributed by atoms with Gasteiger partial charge in [0.15, 0.2) is 6.29 Å². The van der Waals surface area contributed by atoms with Crippen LogP contribution in [-0.4, -0.2) is 26.8 Å². The van der Waals surface area contributed by atoms with E-state index < -0.39 is 6.29 Å². The molecule has 49 heavy (non-hydrogen) atoms. The Bertz CT molecular complexity index is 1990. The van der Waals surface area contributed by atoms with Crippen LogP contribution < -0.4 is 10.6 Å². The number of para-hydroxylation sites is 2. The van der Waals surface area contributed by atoms with Crippen molar-refractivity contribution in [3.63, 3.8) is 0 Å². The van der Waals surface area contributed by atoms with E-state index in [1.54, 1.807) is 0 Å². The van der Waals surface area contributed by atoms with Crippen LogP contribution in [0.5, 0.6) is 0 Å². The van der Waals surface area contributed by atoms with E-state index in [4.69, 9.17) is 9.47 Å². The Balaban J connectivity index is 1.09. The van der Waals surface area contributed by atoms with Crippen LogP contribution in [0.3, 0.4) is 0 Å². The maximum Gasteiger partial charge on any atom is 0.315 e. The molecule has 1 aliphatic heterocycles. The zero-order chi connectivity index (χ0) is 33.6. The first-order chi connectivity index (χ1) is 24.1. The molecule has 0 bridgehead atoms. The van der Waals surface area contributed by atoms with E-state index in [1.165, 1.54) is 0 Å². The molecule has 5 aromatic carbocycles. The van der Waals surface area contributed by atoms with Crippen molar-refractivity contribution in [1.29, 1.82) is 0 Å². The van der Waals surface area contributed by atoms with Gasteiger partial charge in [-0.3, -0.25) is 0 Å². The van der Waals surface area contributed by atoms with Crippen molar-refractivity contribution in [3.8, 4) is 11.1 Å². The van der Waals surface area contributed by atoms with Gasteiger partial charge in [0.25, 0.3) is 0 Å². The lowest BCUT2D eigenvalue weighted by atomic mass is 9.90. The molecule has 8 nitrogen and oxygen atoms in total. The molecule has 248 valence electrons. The van der Waals surface area contributed by atoms with Gasteiger partial charge in [-0.25, -0.2) is 9.78 Å². The Labute approximate surface area is 286 Å². The molecule has 2 heterocycles. The SMILES string of the molecule is CC1C(Cn2cnc3ccccc32)OC(c2ccc(-c3ccccc3CNC(=O)NCc3ccccc3)cc2)OC1c1ccc(CO)cc1. The van der Waals surface area contributed by atoms with Gasteiger partial charge in [-0.1, -0.05) is 122 Å². The standard InChI is InChI=1S/C41H40N4O4/c1-28-38(25-45-27-44-36-13-7-8-14-37(36)45)48-40(49-39(28)32-17-15-30(26-46)16-18-32)33-21-19-31(20-22-33)35-12-6-5-11-34(35)24-43-41(47)42-23-29-9-3-2-4-10-29/h2-22,27-28,38-40,46H,23-26H2,1H3,(H2,42,43,47). The highest BCUT2D eigenvalue weighted by molar-refractivity contribution is 5.75. The van der Waals surface area contributed by atoms with Crippen molar-refractivity contribution in [2.45, 2.75) is 51.7 Å². The summed E-state index contributed by atoms with van der Waals surface area (Å²) in [6.07, 6.45) is 0.923. The van der Waals surface area contributed by atoms with Crippen molar-refractivity contribution >= 4 is 17.1 Å². The summed E-state index contributed by atoms with van der Waals surface area (Å²) in [4.78, 5) is 17.2. The van der Waals surface area contributed by atoms with Gasteiger partial charge >= 0.3 is 6.03 Å². The van der Waals surface area contributed by atoms with E-state index in [1.807, 2.05) is 97.3 Å². The van der Waals surface area contributed by atoms with Crippen LogP contribution in [-0.2, 0) is 35.7 Å². The number of carbonyl (C=O) groups is 1. The predicted octanol–water partition coefficient (Wildman–Crippen LogP) is 7.69. The van der Waals surface area contributed by atoms with Crippen LogP contribution in [0, 0.1) is 5.92 Å². The Kier molecular flexibility index (Phi) is 9.79. The number of imidazole rings is 1. The van der Waals surface area contributed by atoms with E-state index in [0.29, 0.717) is 19.6 Å². The first-order valence-corrected chi connectivity index (χ1v) is 16.7. The highest BCUT2D eigenvalue weighted by Crippen LogP contribution is 2.42. The predicted molar refractivity (Wildman–Crippen MR) is 190 cm³/mol. The molecule has 0 aliphatic carbocycles. The molecule has 4 unspecified atom stereocenters. The number of fused-ring (bicyclic) bond motifs is 1. The summed E-state index contributed by atoms with van der Waals surface area (Å²) in [6, 6.07) is 42.1. The molecular weight excluding hydrogens is 612 g/mol. The molecule has 1 aromatic heterocycles. The van der Waals surface area contributed by atoms with E-state index in [9.17, 15) is 9.90 Å². The largest absolute Gasteiger partial charge is 0.392 e. The van der Waals surface area contributed by atoms with Crippen molar-refractivity contribution in [3.05, 3.63) is 162 Å². The minimum Gasteiger partial charge on any atom is -0.392 e. The average molecular weight is 653 g/mol. The molecule has 1 aliphatic rings. The Morgan fingerprint density at radius 1 is 0.755 bits per heavy atom. The van der Waals surface area contributed by atoms with Gasteiger partial charge in [-0.05, 0) is 45.5 Å². The summed E-state index contributed by atoms with van der Waals surface area (Å²) >= 11 is 0. The fourth-order valence-corrected chi connectivity index (χ4v) is 6.47. The molecule has 1 saturated heterocycles. The number of nitrogens with one attached hydrogen (secondary N) is 2. The van der Waals surface area contributed by atoms with Crippen LogP contribution in [0.4, 0.5) is 4.79 Å². The number of nitrogens with zero attached hydrogens (tertiary/aromatic N) is 2. The smallest absolute Gasteiger partial charge is 0.315 e. The van der Waals surface area contributed by atoms with Crippen molar-refractivity contribution < 1.29 is 19.4 Å². The lowest BCUT2D eigenvalue weighted by molar-refractivity contribution is -0.276. The molecule has 6 aromatic rings. The number of aromatic nitrogens is 2. The molecular formula is C41H40N4O4. The Hall–Kier alpha value is -5.28. The number of rotatable bonds is 10. The number of benzene rings is 5. The van der Waals surface area contributed by atoms with Gasteiger partial charge < -0.3 is 29.8 Å². The Morgan fingerprint density at radius 3 is 2.24 bits per heavy atom. The van der Waals surface area contributed by atoms with Crippen LogP contribution in [0.2, 0.25) is 0 Å². The van der Waals surface area contributed by atoms with Crippen LogP contribution in [0.1, 0.15) is 47.1 Å². The number of carbonyl (C=O) groups excluding carboxylic acids is 1. The topological polar surface area (TPSA) is 97.6 Å². The zero-order valence-corrected chi connectivity index (χ0v) is 27.4. The van der Waals surface area contributed by atoms with E-state index in [2.05, 4.69) is 63.5 Å². The summed E-state index contributed by atoms with van der Waals surface area (Å²) in [7, 11) is 0. The third-order valence-corrected chi connectivity index (χ3v) is 9.27. The number of hydrogen-bond acceptors (Lipinski definition) is 5. The molecule has 0 radical (unpaired) electrons. The Morgan fingerprint density at radius 2 is 1.45 bits per heavy atom. The fourth-order valence-electron chi connectivity index (χ4n) is 6.47. The second-order valence-corrected chi connectivity index (χ2v) is 12.5. The average Bonchev–Trinajstić information content (AvgIpc) is 3.57. The molecule has 3 N–H and O–H groups in total. The second-order valence-electron chi connectivity index (χ2n) is 12.5. The van der Waals surface area contributed by atoms with Gasteiger partial charge in [0.1, 0.15) is 0 Å². The minimum absolute atomic E-state index is 0.00355. The van der Waals surface area contributed by atoms with E-state index in [-0.39, 0.29) is 30.8 Å². The maximum atomic E-state index is 12.6. The summed E-state index contributed by atoms with van der Waals surface area (Å²) in [5.41, 5.74) is 8.99. The third-order valence-electron chi connectivity index (χ3n) is 9.27. The summed E-state index contributed by atoms with van der Waals surface area (Å²) in [5, 5.41) is 15.5. The van der Waals surface area contributed by atoms with Crippen LogP contribution >= 0.6 is 0 Å². The molecule has 1 fully saturated rings. The molecule has 7 rings (SSSR count). The third kappa shape index (κ3) is 7.42. The molecule has 2 amide bonds. The highest BCUT2D eigenvalue weighted by Gasteiger charge is 2.38. The van der Waals surface area contributed by atoms with Gasteiger partial charge in [-0.2, -0.15) is 0 Å². The number of ether oxygens (including phenoxy) is 2. The summed E-state index contributed by atoms with van der Waals surface area (Å²) in [6.45, 7) is 3.66. The molecule has 0 saturated carbocycles. The second kappa shape index (κ2) is 14.9. The number of aliphatic hydroxyl groups is 1. The highest BCUT2D eigenvalue weighted by atomic mass is 16.7. The van der Waals surface area contributed by atoms with Gasteiger partial charge in [-0.15, -0.1) is 0 Å². The van der Waals surface area contributed by atoms with Crippen LogP contribution in [0.25, 0.3) is 22.2 Å². The molecule has 8 heteroatoms. The molecule has 0 spiro atoms. The van der Waals surface area contributed by atoms with Crippen molar-refractivity contribution in [1.82, 2.24) is 20.2 Å². The number of hydrogen-bond donors (Lipinski definition) is 3. The number of amides is 2. The number of urea groups is 1. The molecule has 4 atom stereocenters. The monoisotopic (exact) mass is 652 g/mol. The first-order valence-electron chi connectivity index (χ1n) is 16.7. The lowest BCUT2D eigenvalue weighted by Gasteiger charge is -2.41. The zero-order valence-electron chi connectivity index (χ0n) is 27.4. The van der Waals surface area contributed by atoms with E-state index >= 15 is 0 Å². The number of aliphatic hydroxyl groups excluding tert-OH is 1. The summed E-state index contributed by atoms with van der Waals surface area (Å²) < 4.78 is 15.6.